The number of aromatic carboxylic acids is 1. The van der Waals surface area contributed by atoms with Crippen LogP contribution >= 0.6 is 23.2 Å². The maximum absolute atomic E-state index is 10.8. The highest BCUT2D eigenvalue weighted by molar-refractivity contribution is 6.34. The number of hydrogen-bond donors (Lipinski definition) is 1. The number of carboxylic acid groups (broad SMARTS) is 1. The fourth-order valence-electron chi connectivity index (χ4n) is 1.50. The molecule has 0 unspecified atom stereocenters. The number of carboxylic acids is 1. The molecule has 1 N–H and O–H groups in total. The van der Waals surface area contributed by atoms with Crippen molar-refractivity contribution in [1.29, 1.82) is 0 Å². The summed E-state index contributed by atoms with van der Waals surface area (Å²) in [4.78, 5) is 10.8. The molecule has 4 nitrogen and oxygen atoms in total. The highest BCUT2D eigenvalue weighted by Crippen LogP contribution is 2.22. The second kappa shape index (κ2) is 4.39. The summed E-state index contributed by atoms with van der Waals surface area (Å²) in [5.74, 6) is -1.07. The lowest BCUT2D eigenvalue weighted by molar-refractivity contribution is 0.0690. The van der Waals surface area contributed by atoms with Crippen LogP contribution in [0, 0.1) is 6.92 Å². The zero-order valence-corrected chi connectivity index (χ0v) is 10.3. The average Bonchev–Trinajstić information content (AvgIpc) is 2.59. The fraction of sp³-hybridized carbons (Fsp3) is 0.0909. The number of nitrogens with zero attached hydrogens (tertiary/aromatic N) is 2. The van der Waals surface area contributed by atoms with Crippen molar-refractivity contribution in [3.8, 4) is 5.69 Å². The van der Waals surface area contributed by atoms with Gasteiger partial charge in [-0.2, -0.15) is 5.10 Å². The van der Waals surface area contributed by atoms with Gasteiger partial charge in [0.2, 0.25) is 0 Å². The molecule has 1 heterocycles. The monoisotopic (exact) mass is 270 g/mol. The maximum Gasteiger partial charge on any atom is 0.356 e. The molecular weight excluding hydrogens is 263 g/mol. The Morgan fingerprint density at radius 1 is 1.24 bits per heavy atom. The van der Waals surface area contributed by atoms with E-state index in [1.54, 1.807) is 25.1 Å². The molecule has 6 heteroatoms. The third-order valence-corrected chi connectivity index (χ3v) is 2.63. The van der Waals surface area contributed by atoms with Gasteiger partial charge in [0, 0.05) is 15.7 Å². The number of aryl methyl sites for hydroxylation is 1. The quantitative estimate of drug-likeness (QED) is 0.912. The van der Waals surface area contributed by atoms with Crippen LogP contribution in [0.3, 0.4) is 0 Å². The Balaban J connectivity index is 2.56. The number of halogens is 2. The molecular formula is C11H8Cl2N2O2. The number of hydrogen-bond acceptors (Lipinski definition) is 2. The molecule has 0 radical (unpaired) electrons. The van der Waals surface area contributed by atoms with Gasteiger partial charge in [0.25, 0.3) is 0 Å². The first kappa shape index (κ1) is 12.0. The fourth-order valence-corrected chi connectivity index (χ4v) is 2.02. The smallest absolute Gasteiger partial charge is 0.356 e. The van der Waals surface area contributed by atoms with Gasteiger partial charge in [0.05, 0.1) is 5.69 Å². The Hall–Kier alpha value is -1.52. The van der Waals surface area contributed by atoms with E-state index >= 15 is 0 Å². The van der Waals surface area contributed by atoms with Gasteiger partial charge in [-0.15, -0.1) is 0 Å². The molecule has 0 aliphatic carbocycles. The Bertz CT molecular complexity index is 573. The summed E-state index contributed by atoms with van der Waals surface area (Å²) in [5, 5.41) is 13.8. The zero-order chi connectivity index (χ0) is 12.6. The second-order valence-corrected chi connectivity index (χ2v) is 4.39. The lowest BCUT2D eigenvalue weighted by Gasteiger charge is -2.05. The van der Waals surface area contributed by atoms with E-state index < -0.39 is 5.97 Å². The molecule has 0 spiro atoms. The summed E-state index contributed by atoms with van der Waals surface area (Å²) in [7, 11) is 0. The SMILES string of the molecule is Cc1cc(C(=O)O)nn1-c1cc(Cl)cc(Cl)c1. The first-order chi connectivity index (χ1) is 7.97. The van der Waals surface area contributed by atoms with Gasteiger partial charge in [-0.25, -0.2) is 9.48 Å². The van der Waals surface area contributed by atoms with Gasteiger partial charge in [-0.1, -0.05) is 23.2 Å². The van der Waals surface area contributed by atoms with Gasteiger partial charge in [-0.3, -0.25) is 0 Å². The molecule has 0 fully saturated rings. The molecule has 0 aliphatic rings. The largest absolute Gasteiger partial charge is 0.476 e. The standard InChI is InChI=1S/C11H8Cl2N2O2/c1-6-2-10(11(16)17)14-15(6)9-4-7(12)3-8(13)5-9/h2-5H,1H3,(H,16,17). The van der Waals surface area contributed by atoms with E-state index in [-0.39, 0.29) is 5.69 Å². The minimum Gasteiger partial charge on any atom is -0.476 e. The average molecular weight is 271 g/mol. The van der Waals surface area contributed by atoms with Crippen LogP contribution < -0.4 is 0 Å². The summed E-state index contributed by atoms with van der Waals surface area (Å²) in [5.41, 5.74) is 1.31. The van der Waals surface area contributed by atoms with Crippen molar-refractivity contribution in [2.75, 3.05) is 0 Å². The van der Waals surface area contributed by atoms with Crippen LogP contribution in [0.2, 0.25) is 10.0 Å². The van der Waals surface area contributed by atoms with Crippen molar-refractivity contribution < 1.29 is 9.90 Å². The van der Waals surface area contributed by atoms with Crippen molar-refractivity contribution in [2.24, 2.45) is 0 Å². The van der Waals surface area contributed by atoms with E-state index in [0.29, 0.717) is 21.4 Å². The predicted octanol–water partition coefficient (Wildman–Crippen LogP) is 3.19. The van der Waals surface area contributed by atoms with E-state index in [1.165, 1.54) is 10.7 Å². The Morgan fingerprint density at radius 2 is 1.82 bits per heavy atom. The third kappa shape index (κ3) is 2.43. The number of benzene rings is 1. The van der Waals surface area contributed by atoms with Crippen LogP contribution in [-0.4, -0.2) is 20.9 Å². The first-order valence-corrected chi connectivity index (χ1v) is 5.49. The highest BCUT2D eigenvalue weighted by Gasteiger charge is 2.12. The Kier molecular flexibility index (Phi) is 3.09. The molecule has 88 valence electrons. The molecule has 0 amide bonds. The number of carbonyl (C=O) groups is 1. The van der Waals surface area contributed by atoms with Crippen LogP contribution in [0.4, 0.5) is 0 Å². The molecule has 0 saturated heterocycles. The summed E-state index contributed by atoms with van der Waals surface area (Å²) in [6.45, 7) is 1.76. The first-order valence-electron chi connectivity index (χ1n) is 4.74. The molecule has 0 bridgehead atoms. The highest BCUT2D eigenvalue weighted by atomic mass is 35.5. The van der Waals surface area contributed by atoms with E-state index in [0.717, 1.165) is 0 Å². The minimum absolute atomic E-state index is 0.0152. The molecule has 0 atom stereocenters. The molecule has 0 aliphatic heterocycles. The van der Waals surface area contributed by atoms with Crippen molar-refractivity contribution in [3.05, 3.63) is 45.7 Å². The van der Waals surface area contributed by atoms with Crippen LogP contribution in [0.1, 0.15) is 16.2 Å². The molecule has 1 aromatic carbocycles. The predicted molar refractivity (Wildman–Crippen MR) is 65.3 cm³/mol. The summed E-state index contributed by atoms with van der Waals surface area (Å²) in [6, 6.07) is 6.42. The van der Waals surface area contributed by atoms with Crippen molar-refractivity contribution in [2.45, 2.75) is 6.92 Å². The van der Waals surface area contributed by atoms with Gasteiger partial charge < -0.3 is 5.11 Å². The van der Waals surface area contributed by atoms with Crippen molar-refractivity contribution in [3.63, 3.8) is 0 Å². The maximum atomic E-state index is 10.8. The van der Waals surface area contributed by atoms with Gasteiger partial charge in [0.15, 0.2) is 5.69 Å². The van der Waals surface area contributed by atoms with E-state index in [9.17, 15) is 4.79 Å². The van der Waals surface area contributed by atoms with Gasteiger partial charge >= 0.3 is 5.97 Å². The molecule has 2 aromatic rings. The van der Waals surface area contributed by atoms with E-state index in [2.05, 4.69) is 5.10 Å². The second-order valence-electron chi connectivity index (χ2n) is 3.52. The Labute approximate surface area is 107 Å². The minimum atomic E-state index is -1.07. The summed E-state index contributed by atoms with van der Waals surface area (Å²) in [6.07, 6.45) is 0. The molecule has 1 aromatic heterocycles. The van der Waals surface area contributed by atoms with E-state index in [4.69, 9.17) is 28.3 Å². The normalized spacial score (nSPS) is 10.5. The lowest BCUT2D eigenvalue weighted by Crippen LogP contribution is -2.02. The van der Waals surface area contributed by atoms with E-state index in [1.807, 2.05) is 0 Å². The van der Waals surface area contributed by atoms with Crippen LogP contribution in [0.15, 0.2) is 24.3 Å². The summed E-state index contributed by atoms with van der Waals surface area (Å²) < 4.78 is 1.49. The van der Waals surface area contributed by atoms with Gasteiger partial charge in [-0.05, 0) is 31.2 Å². The van der Waals surface area contributed by atoms with Gasteiger partial charge in [0.1, 0.15) is 0 Å². The molecule has 17 heavy (non-hydrogen) atoms. The number of rotatable bonds is 2. The van der Waals surface area contributed by atoms with Crippen molar-refractivity contribution >= 4 is 29.2 Å². The summed E-state index contributed by atoms with van der Waals surface area (Å²) >= 11 is 11.8. The third-order valence-electron chi connectivity index (χ3n) is 2.20. The van der Waals surface area contributed by atoms with Crippen LogP contribution in [0.5, 0.6) is 0 Å². The number of aromatic nitrogens is 2. The lowest BCUT2D eigenvalue weighted by atomic mass is 10.3. The van der Waals surface area contributed by atoms with Crippen LogP contribution in [0.25, 0.3) is 5.69 Å². The molecule has 2 rings (SSSR count). The molecule has 0 saturated carbocycles. The zero-order valence-electron chi connectivity index (χ0n) is 8.82. The Morgan fingerprint density at radius 3 is 2.29 bits per heavy atom. The topological polar surface area (TPSA) is 55.1 Å². The van der Waals surface area contributed by atoms with Crippen molar-refractivity contribution in [1.82, 2.24) is 9.78 Å². The van der Waals surface area contributed by atoms with Crippen LogP contribution in [-0.2, 0) is 0 Å².